The van der Waals surface area contributed by atoms with Gasteiger partial charge in [0.2, 0.25) is 5.91 Å². The predicted octanol–water partition coefficient (Wildman–Crippen LogP) is 1.39. The first kappa shape index (κ1) is 16.2. The molecule has 1 fully saturated rings. The number of aromatic nitrogens is 2. The summed E-state index contributed by atoms with van der Waals surface area (Å²) in [7, 11) is 0. The summed E-state index contributed by atoms with van der Waals surface area (Å²) in [5.41, 5.74) is 4.71. The third-order valence-corrected chi connectivity index (χ3v) is 4.28. The molecule has 1 aromatic heterocycles. The van der Waals surface area contributed by atoms with Crippen LogP contribution in [0.3, 0.4) is 0 Å². The summed E-state index contributed by atoms with van der Waals surface area (Å²) in [6.07, 6.45) is 0.834. The quantitative estimate of drug-likeness (QED) is 0.833. The zero-order valence-electron chi connectivity index (χ0n) is 13.9. The van der Waals surface area contributed by atoms with E-state index in [4.69, 9.17) is 0 Å². The van der Waals surface area contributed by atoms with E-state index in [-0.39, 0.29) is 29.1 Å². The van der Waals surface area contributed by atoms with Crippen LogP contribution >= 0.6 is 0 Å². The summed E-state index contributed by atoms with van der Waals surface area (Å²) in [4.78, 5) is 36.8. The molecule has 1 saturated carbocycles. The predicted molar refractivity (Wildman–Crippen MR) is 89.3 cm³/mol. The van der Waals surface area contributed by atoms with Gasteiger partial charge in [0.05, 0.1) is 11.4 Å². The maximum absolute atomic E-state index is 12.5. The van der Waals surface area contributed by atoms with Crippen LogP contribution in [0.1, 0.15) is 43.7 Å². The Morgan fingerprint density at radius 3 is 2.42 bits per heavy atom. The number of nitrogens with zero attached hydrogens (tertiary/aromatic N) is 2. The standard InChI is InChI=1S/C17H20N4O3/c1-9(2)21-17(24)12-7-5-4-6-11(12)14(20-21)16(23)19-18-15(22)13-8-10(13)3/h4-7,9-10,13H,8H2,1-3H3,(H,18,22)(H,19,23)/t10-,13+/m1/s1. The molecule has 0 unspecified atom stereocenters. The summed E-state index contributed by atoms with van der Waals surface area (Å²) in [6.45, 7) is 5.63. The Bertz CT molecular complexity index is 872. The molecule has 3 rings (SSSR count). The van der Waals surface area contributed by atoms with Crippen LogP contribution in [0.4, 0.5) is 0 Å². The molecule has 126 valence electrons. The van der Waals surface area contributed by atoms with E-state index in [2.05, 4.69) is 16.0 Å². The van der Waals surface area contributed by atoms with E-state index in [1.807, 2.05) is 20.8 Å². The number of hydrogen-bond donors (Lipinski definition) is 2. The Hall–Kier alpha value is -2.70. The summed E-state index contributed by atoms with van der Waals surface area (Å²) in [5.74, 6) is -0.428. The number of benzene rings is 1. The molecule has 24 heavy (non-hydrogen) atoms. The summed E-state index contributed by atoms with van der Waals surface area (Å²) >= 11 is 0. The lowest BCUT2D eigenvalue weighted by atomic mass is 10.1. The van der Waals surface area contributed by atoms with Crippen LogP contribution in [0.15, 0.2) is 29.1 Å². The molecule has 2 aromatic rings. The van der Waals surface area contributed by atoms with Crippen LogP contribution in [-0.2, 0) is 4.79 Å². The molecule has 2 atom stereocenters. The number of amides is 2. The van der Waals surface area contributed by atoms with Gasteiger partial charge in [0.1, 0.15) is 0 Å². The molecule has 7 nitrogen and oxygen atoms in total. The third-order valence-electron chi connectivity index (χ3n) is 4.28. The van der Waals surface area contributed by atoms with E-state index < -0.39 is 5.91 Å². The van der Waals surface area contributed by atoms with Crippen LogP contribution in [-0.4, -0.2) is 21.6 Å². The first-order chi connectivity index (χ1) is 11.4. The lowest BCUT2D eigenvalue weighted by Gasteiger charge is -2.13. The molecule has 0 spiro atoms. The smallest absolute Gasteiger partial charge is 0.273 e. The minimum Gasteiger partial charge on any atom is -0.273 e. The monoisotopic (exact) mass is 328 g/mol. The van der Waals surface area contributed by atoms with Gasteiger partial charge >= 0.3 is 0 Å². The van der Waals surface area contributed by atoms with Crippen molar-refractivity contribution < 1.29 is 9.59 Å². The average molecular weight is 328 g/mol. The Balaban J connectivity index is 1.92. The van der Waals surface area contributed by atoms with Crippen molar-refractivity contribution >= 4 is 22.6 Å². The first-order valence-corrected chi connectivity index (χ1v) is 8.02. The minimum absolute atomic E-state index is 0.0420. The van der Waals surface area contributed by atoms with Crippen molar-refractivity contribution in [2.45, 2.75) is 33.2 Å². The van der Waals surface area contributed by atoms with E-state index in [1.165, 1.54) is 4.68 Å². The largest absolute Gasteiger partial charge is 0.290 e. The molecule has 0 bridgehead atoms. The second-order valence-electron chi connectivity index (χ2n) is 6.50. The number of nitrogens with one attached hydrogen (secondary N) is 2. The van der Waals surface area contributed by atoms with Gasteiger partial charge in [-0.25, -0.2) is 4.68 Å². The van der Waals surface area contributed by atoms with Gasteiger partial charge in [-0.1, -0.05) is 25.1 Å². The summed E-state index contributed by atoms with van der Waals surface area (Å²) < 4.78 is 1.28. The maximum atomic E-state index is 12.5. The van der Waals surface area contributed by atoms with Gasteiger partial charge in [-0.2, -0.15) is 5.10 Å². The molecule has 2 amide bonds. The molecule has 0 radical (unpaired) electrons. The van der Waals surface area contributed by atoms with E-state index in [1.54, 1.807) is 24.3 Å². The Labute approximate surface area is 139 Å². The van der Waals surface area contributed by atoms with Gasteiger partial charge in [0, 0.05) is 11.3 Å². The van der Waals surface area contributed by atoms with E-state index in [9.17, 15) is 14.4 Å². The van der Waals surface area contributed by atoms with Crippen LogP contribution < -0.4 is 16.4 Å². The lowest BCUT2D eigenvalue weighted by Crippen LogP contribution is -2.43. The highest BCUT2D eigenvalue weighted by Gasteiger charge is 2.39. The molecular formula is C17H20N4O3. The van der Waals surface area contributed by atoms with Crippen molar-refractivity contribution in [3.05, 3.63) is 40.3 Å². The maximum Gasteiger partial charge on any atom is 0.290 e. The number of carbonyl (C=O) groups is 2. The fourth-order valence-electron chi connectivity index (χ4n) is 2.68. The summed E-state index contributed by atoms with van der Waals surface area (Å²) in [6, 6.07) is 6.64. The molecule has 0 saturated heterocycles. The Morgan fingerprint density at radius 2 is 1.83 bits per heavy atom. The van der Waals surface area contributed by atoms with Gasteiger partial charge < -0.3 is 0 Å². The average Bonchev–Trinajstić information content (AvgIpc) is 3.29. The fraction of sp³-hybridized carbons (Fsp3) is 0.412. The molecule has 1 heterocycles. The van der Waals surface area contributed by atoms with Crippen LogP contribution in [0.2, 0.25) is 0 Å². The molecule has 2 N–H and O–H groups in total. The molecule has 1 aliphatic rings. The number of fused-ring (bicyclic) bond motifs is 1. The van der Waals surface area contributed by atoms with Gasteiger partial charge in [-0.15, -0.1) is 0 Å². The fourth-order valence-corrected chi connectivity index (χ4v) is 2.68. The first-order valence-electron chi connectivity index (χ1n) is 8.02. The van der Waals surface area contributed by atoms with Gasteiger partial charge in [0.25, 0.3) is 11.5 Å². The number of carbonyl (C=O) groups excluding carboxylic acids is 2. The lowest BCUT2D eigenvalue weighted by molar-refractivity contribution is -0.123. The molecule has 1 aliphatic carbocycles. The van der Waals surface area contributed by atoms with Crippen LogP contribution in [0.25, 0.3) is 10.8 Å². The highest BCUT2D eigenvalue weighted by atomic mass is 16.2. The summed E-state index contributed by atoms with van der Waals surface area (Å²) in [5, 5.41) is 5.08. The number of rotatable bonds is 3. The van der Waals surface area contributed by atoms with E-state index in [0.29, 0.717) is 16.7 Å². The van der Waals surface area contributed by atoms with Crippen molar-refractivity contribution in [2.75, 3.05) is 0 Å². The zero-order chi connectivity index (χ0) is 17.4. The zero-order valence-corrected chi connectivity index (χ0v) is 13.9. The molecular weight excluding hydrogens is 308 g/mol. The van der Waals surface area contributed by atoms with Crippen molar-refractivity contribution in [1.82, 2.24) is 20.6 Å². The minimum atomic E-state index is -0.540. The van der Waals surface area contributed by atoms with E-state index in [0.717, 1.165) is 6.42 Å². The molecule has 0 aliphatic heterocycles. The van der Waals surface area contributed by atoms with Gasteiger partial charge in [-0.3, -0.25) is 25.2 Å². The molecule has 7 heteroatoms. The number of hydrazine groups is 1. The van der Waals surface area contributed by atoms with Crippen LogP contribution in [0, 0.1) is 11.8 Å². The van der Waals surface area contributed by atoms with Crippen molar-refractivity contribution in [2.24, 2.45) is 11.8 Å². The molecule has 1 aromatic carbocycles. The SMILES string of the molecule is CC(C)n1nc(C(=O)NNC(=O)[C@H]2C[C@H]2C)c2ccccc2c1=O. The normalized spacial score (nSPS) is 19.3. The highest BCUT2D eigenvalue weighted by molar-refractivity contribution is 6.05. The number of hydrogen-bond acceptors (Lipinski definition) is 4. The second kappa shape index (κ2) is 6.07. The highest BCUT2D eigenvalue weighted by Crippen LogP contribution is 2.37. The van der Waals surface area contributed by atoms with Gasteiger partial charge in [0.15, 0.2) is 5.69 Å². The second-order valence-corrected chi connectivity index (χ2v) is 6.50. The van der Waals surface area contributed by atoms with Crippen LogP contribution in [0.5, 0.6) is 0 Å². The van der Waals surface area contributed by atoms with Crippen molar-refractivity contribution in [3.63, 3.8) is 0 Å². The van der Waals surface area contributed by atoms with E-state index >= 15 is 0 Å². The topological polar surface area (TPSA) is 93.1 Å². The van der Waals surface area contributed by atoms with Crippen molar-refractivity contribution in [3.8, 4) is 0 Å². The van der Waals surface area contributed by atoms with Crippen molar-refractivity contribution in [1.29, 1.82) is 0 Å². The third kappa shape index (κ3) is 2.89. The Kier molecular flexibility index (Phi) is 4.09. The van der Waals surface area contributed by atoms with Gasteiger partial charge in [-0.05, 0) is 32.3 Å². The Morgan fingerprint density at radius 1 is 1.21 bits per heavy atom.